The van der Waals surface area contributed by atoms with Crippen molar-refractivity contribution in [3.8, 4) is 0 Å². The Kier molecular flexibility index (Phi) is 3.91. The van der Waals surface area contributed by atoms with E-state index in [0.29, 0.717) is 29.8 Å². The van der Waals surface area contributed by atoms with Crippen LogP contribution in [0.25, 0.3) is 16.6 Å². The first-order valence-corrected chi connectivity index (χ1v) is 11.0. The number of allylic oxidation sites excluding steroid dienone is 1. The van der Waals surface area contributed by atoms with Crippen molar-refractivity contribution in [3.05, 3.63) is 36.3 Å². The summed E-state index contributed by atoms with van der Waals surface area (Å²) in [6, 6.07) is 8.36. The summed E-state index contributed by atoms with van der Waals surface area (Å²) in [5.74, 6) is 0.391. The second-order valence-electron chi connectivity index (χ2n) is 9.20. The van der Waals surface area contributed by atoms with Crippen molar-refractivity contribution in [1.29, 1.82) is 5.41 Å². The van der Waals surface area contributed by atoms with Crippen LogP contribution in [-0.2, 0) is 0 Å². The van der Waals surface area contributed by atoms with Gasteiger partial charge in [0.1, 0.15) is 0 Å². The third-order valence-electron chi connectivity index (χ3n) is 7.25. The Morgan fingerprint density at radius 3 is 2.66 bits per heavy atom. The topological polar surface area (TPSA) is 68.1 Å². The molecule has 0 amide bonds. The lowest BCUT2D eigenvalue weighted by Crippen LogP contribution is -2.78. The predicted molar refractivity (Wildman–Crippen MR) is 116 cm³/mol. The number of benzene rings is 1. The molecule has 6 nitrogen and oxygen atoms in total. The van der Waals surface area contributed by atoms with Gasteiger partial charge in [-0.25, -0.2) is 4.98 Å². The summed E-state index contributed by atoms with van der Waals surface area (Å²) in [5.41, 5.74) is 5.55. The highest BCUT2D eigenvalue weighted by Gasteiger charge is 2.49. The van der Waals surface area contributed by atoms with Gasteiger partial charge in [-0.2, -0.15) is 0 Å². The molecule has 0 bridgehead atoms. The maximum atomic E-state index is 8.66. The van der Waals surface area contributed by atoms with Gasteiger partial charge in [0, 0.05) is 54.3 Å². The lowest BCUT2D eigenvalue weighted by molar-refractivity contribution is 0.0369. The molecule has 4 fully saturated rings. The molecule has 2 aromatic rings. The van der Waals surface area contributed by atoms with E-state index in [1.807, 2.05) is 12.4 Å². The lowest BCUT2D eigenvalue weighted by Gasteiger charge is -2.62. The van der Waals surface area contributed by atoms with Gasteiger partial charge in [-0.1, -0.05) is 0 Å². The molecule has 2 saturated carbocycles. The van der Waals surface area contributed by atoms with Crippen molar-refractivity contribution in [2.45, 2.75) is 50.2 Å². The van der Waals surface area contributed by atoms with Crippen LogP contribution in [0.5, 0.6) is 0 Å². The Labute approximate surface area is 171 Å². The average molecular weight is 389 g/mol. The molecule has 4 aliphatic rings. The number of hydrogen-bond acceptors (Lipinski definition) is 6. The largest absolute Gasteiger partial charge is 0.388 e. The number of likely N-dealkylation sites (tertiary alicyclic amines) is 1. The molecule has 2 saturated heterocycles. The van der Waals surface area contributed by atoms with Gasteiger partial charge in [0.05, 0.1) is 29.0 Å². The number of aromatic nitrogens is 2. The van der Waals surface area contributed by atoms with Crippen LogP contribution in [0, 0.1) is 11.3 Å². The van der Waals surface area contributed by atoms with Crippen LogP contribution in [0.3, 0.4) is 0 Å². The first-order valence-electron chi connectivity index (χ1n) is 11.0. The summed E-state index contributed by atoms with van der Waals surface area (Å²) >= 11 is 0. The number of fused-ring (bicyclic) bond motifs is 2. The molecule has 29 heavy (non-hydrogen) atoms. The molecule has 6 rings (SSSR count). The molecule has 2 aliphatic carbocycles. The van der Waals surface area contributed by atoms with E-state index < -0.39 is 0 Å². The van der Waals surface area contributed by atoms with E-state index in [4.69, 9.17) is 10.4 Å². The third kappa shape index (κ3) is 2.92. The average Bonchev–Trinajstić information content (AvgIpc) is 3.52. The molecular formula is C23H28N6. The van der Waals surface area contributed by atoms with Gasteiger partial charge in [-0.3, -0.25) is 9.88 Å². The van der Waals surface area contributed by atoms with Crippen molar-refractivity contribution in [2.24, 2.45) is 5.92 Å². The minimum Gasteiger partial charge on any atom is -0.388 e. The second kappa shape index (κ2) is 6.52. The number of rotatable bonds is 6. The zero-order chi connectivity index (χ0) is 19.5. The number of likely N-dealkylation sites (N-methyl/N-ethyl adjacent to an activating group) is 1. The van der Waals surface area contributed by atoms with Crippen LogP contribution in [0.2, 0.25) is 0 Å². The Morgan fingerprint density at radius 1 is 1.14 bits per heavy atom. The molecule has 1 aromatic heterocycles. The highest BCUT2D eigenvalue weighted by molar-refractivity contribution is 6.23. The van der Waals surface area contributed by atoms with E-state index >= 15 is 0 Å². The van der Waals surface area contributed by atoms with Gasteiger partial charge in [-0.05, 0) is 57.4 Å². The molecular weight excluding hydrogens is 360 g/mol. The smallest absolute Gasteiger partial charge is 0.0925 e. The Hall–Kier alpha value is -2.47. The minimum absolute atomic E-state index is 0.391. The Morgan fingerprint density at radius 2 is 2.00 bits per heavy atom. The maximum Gasteiger partial charge on any atom is 0.0925 e. The lowest BCUT2D eigenvalue weighted by atomic mass is 9.85. The van der Waals surface area contributed by atoms with Crippen molar-refractivity contribution in [2.75, 3.05) is 25.0 Å². The molecule has 2 N–H and O–H groups in total. The van der Waals surface area contributed by atoms with Crippen LogP contribution in [0.15, 0.2) is 30.6 Å². The number of nitrogens with one attached hydrogen (secondary N) is 2. The number of piperazine rings is 1. The first kappa shape index (κ1) is 17.4. The van der Waals surface area contributed by atoms with E-state index in [0.717, 1.165) is 48.2 Å². The maximum absolute atomic E-state index is 8.66. The van der Waals surface area contributed by atoms with Crippen molar-refractivity contribution >= 4 is 28.0 Å². The predicted octanol–water partition coefficient (Wildman–Crippen LogP) is 3.05. The molecule has 0 radical (unpaired) electrons. The number of nitrogens with zero attached hydrogens (tertiary/aromatic N) is 4. The Bertz CT molecular complexity index is 1010. The van der Waals surface area contributed by atoms with E-state index in [1.54, 1.807) is 0 Å². The molecule has 150 valence electrons. The molecule has 0 spiro atoms. The third-order valence-corrected chi connectivity index (χ3v) is 7.25. The van der Waals surface area contributed by atoms with Crippen LogP contribution in [-0.4, -0.2) is 58.8 Å². The molecule has 2 aliphatic heterocycles. The van der Waals surface area contributed by atoms with Gasteiger partial charge in [0.25, 0.3) is 0 Å². The summed E-state index contributed by atoms with van der Waals surface area (Å²) in [7, 11) is 2.21. The fourth-order valence-electron chi connectivity index (χ4n) is 4.74. The van der Waals surface area contributed by atoms with Gasteiger partial charge >= 0.3 is 0 Å². The highest BCUT2D eigenvalue weighted by Crippen LogP contribution is 2.38. The van der Waals surface area contributed by atoms with Crippen molar-refractivity contribution in [1.82, 2.24) is 20.2 Å². The van der Waals surface area contributed by atoms with E-state index in [1.165, 1.54) is 24.9 Å². The standard InChI is InChI=1S/C23H28N6/c1-28-12-22-21(28)13-29(22)16-7-8-18-19(9-16)27-20(11-26-18)17(23(24)14-5-6-14)10-25-15-3-2-4-15/h7-11,14-15,21-22,24-25H,2-6,12-13H2,1H3/b17-10-,24-23?. The zero-order valence-electron chi connectivity index (χ0n) is 16.9. The van der Waals surface area contributed by atoms with Gasteiger partial charge in [-0.15, -0.1) is 0 Å². The molecule has 2 atom stereocenters. The van der Waals surface area contributed by atoms with Gasteiger partial charge in [0.15, 0.2) is 0 Å². The first-order chi connectivity index (χ1) is 14.2. The van der Waals surface area contributed by atoms with Crippen molar-refractivity contribution < 1.29 is 0 Å². The van der Waals surface area contributed by atoms with Crippen LogP contribution >= 0.6 is 0 Å². The Balaban J connectivity index is 1.31. The van der Waals surface area contributed by atoms with Gasteiger partial charge in [0.2, 0.25) is 0 Å². The highest BCUT2D eigenvalue weighted by atomic mass is 15.4. The van der Waals surface area contributed by atoms with Crippen molar-refractivity contribution in [3.63, 3.8) is 0 Å². The fraction of sp³-hybridized carbons (Fsp3) is 0.522. The summed E-state index contributed by atoms with van der Waals surface area (Å²) in [6.07, 6.45) is 9.87. The van der Waals surface area contributed by atoms with E-state index in [9.17, 15) is 0 Å². The quantitative estimate of drug-likeness (QED) is 0.745. The SMILES string of the molecule is CN1CC2C1CN2c1ccc2ncc(/C(=C/NC3CCC3)C(=N)C3CC3)nc2c1. The van der Waals surface area contributed by atoms with Gasteiger partial charge < -0.3 is 15.6 Å². The summed E-state index contributed by atoms with van der Waals surface area (Å²) in [4.78, 5) is 14.5. The molecule has 2 unspecified atom stereocenters. The van der Waals surface area contributed by atoms with Crippen LogP contribution < -0.4 is 10.2 Å². The molecule has 3 heterocycles. The summed E-state index contributed by atoms with van der Waals surface area (Å²) < 4.78 is 0. The molecule has 6 heteroatoms. The summed E-state index contributed by atoms with van der Waals surface area (Å²) in [6.45, 7) is 2.25. The normalized spacial score (nSPS) is 27.1. The second-order valence-corrected chi connectivity index (χ2v) is 9.20. The van der Waals surface area contributed by atoms with E-state index in [-0.39, 0.29) is 0 Å². The monoisotopic (exact) mass is 388 g/mol. The number of hydrogen-bond donors (Lipinski definition) is 2. The van der Waals surface area contributed by atoms with Crippen LogP contribution in [0.4, 0.5) is 5.69 Å². The zero-order valence-corrected chi connectivity index (χ0v) is 16.9. The minimum atomic E-state index is 0.391. The summed E-state index contributed by atoms with van der Waals surface area (Å²) in [5, 5.41) is 12.2. The van der Waals surface area contributed by atoms with E-state index in [2.05, 4.69) is 45.3 Å². The fourth-order valence-corrected chi connectivity index (χ4v) is 4.74. The van der Waals surface area contributed by atoms with Crippen LogP contribution in [0.1, 0.15) is 37.8 Å². The molecule has 1 aromatic carbocycles. The number of anilines is 1.